The number of carbonyl (C=O) groups excluding carboxylic acids is 1. The third kappa shape index (κ3) is 5.83. The van der Waals surface area contributed by atoms with Crippen LogP contribution in [0.4, 0.5) is 0 Å². The van der Waals surface area contributed by atoms with Gasteiger partial charge in [-0.05, 0) is 43.3 Å². The number of hydrogen-bond acceptors (Lipinski definition) is 5. The summed E-state index contributed by atoms with van der Waals surface area (Å²) in [6.07, 6.45) is -3.00. The number of rotatable bonds is 10. The van der Waals surface area contributed by atoms with E-state index in [1.165, 1.54) is 0 Å². The van der Waals surface area contributed by atoms with Crippen molar-refractivity contribution in [2.75, 3.05) is 0 Å². The van der Waals surface area contributed by atoms with Gasteiger partial charge in [-0.2, -0.15) is 0 Å². The Morgan fingerprint density at radius 1 is 0.655 bits per heavy atom. The number of hydrogen-bond donors (Lipinski definition) is 1. The molecule has 0 aromatic heterocycles. The van der Waals surface area contributed by atoms with E-state index in [1.54, 1.807) is 43.3 Å². The third-order valence-electron chi connectivity index (χ3n) is 4.30. The smallest absolute Gasteiger partial charge is 0.194 e. The fourth-order valence-corrected chi connectivity index (χ4v) is 2.90. The molecule has 0 amide bonds. The molecule has 0 saturated carbocycles. The Hall–Kier alpha value is -3.31. The van der Waals surface area contributed by atoms with E-state index >= 15 is 0 Å². The van der Waals surface area contributed by atoms with Gasteiger partial charge in [-0.3, -0.25) is 4.79 Å². The molecule has 5 heteroatoms. The van der Waals surface area contributed by atoms with Crippen LogP contribution in [0, 0.1) is 0 Å². The highest BCUT2D eigenvalue weighted by Crippen LogP contribution is 2.23. The van der Waals surface area contributed by atoms with Gasteiger partial charge in [0, 0.05) is 0 Å². The van der Waals surface area contributed by atoms with Crippen LogP contribution in [0.1, 0.15) is 6.92 Å². The molecule has 4 atom stereocenters. The normalized spacial score (nSPS) is 14.8. The maximum Gasteiger partial charge on any atom is 0.194 e. The Balaban J connectivity index is 1.91. The van der Waals surface area contributed by atoms with Gasteiger partial charge in [0.1, 0.15) is 17.2 Å². The van der Waals surface area contributed by atoms with E-state index < -0.39 is 24.4 Å². The third-order valence-corrected chi connectivity index (χ3v) is 4.30. The van der Waals surface area contributed by atoms with Crippen LogP contribution < -0.4 is 14.2 Å². The molecule has 0 heterocycles. The fourth-order valence-electron chi connectivity index (χ4n) is 2.90. The molecule has 0 bridgehead atoms. The summed E-state index contributed by atoms with van der Waals surface area (Å²) in [7, 11) is 0. The number of aliphatic hydroxyl groups excluding tert-OH is 1. The van der Waals surface area contributed by atoms with E-state index in [9.17, 15) is 9.90 Å². The van der Waals surface area contributed by atoms with Gasteiger partial charge in [0.25, 0.3) is 0 Å². The summed E-state index contributed by atoms with van der Waals surface area (Å²) in [5.74, 6) is 1.63. The minimum Gasteiger partial charge on any atom is -0.484 e. The molecular weight excluding hydrogens is 368 g/mol. The number of aliphatic hydroxyl groups is 1. The Morgan fingerprint density at radius 3 is 1.41 bits per heavy atom. The van der Waals surface area contributed by atoms with Gasteiger partial charge in [0.15, 0.2) is 24.6 Å². The lowest BCUT2D eigenvalue weighted by Gasteiger charge is -2.33. The molecule has 0 aliphatic heterocycles. The van der Waals surface area contributed by atoms with Gasteiger partial charge < -0.3 is 19.3 Å². The molecule has 0 radical (unpaired) electrons. The lowest BCUT2D eigenvalue weighted by atomic mass is 10.0. The maximum atomic E-state index is 12.0. The first-order chi connectivity index (χ1) is 14.2. The summed E-state index contributed by atoms with van der Waals surface area (Å²) in [4.78, 5) is 12.0. The summed E-state index contributed by atoms with van der Waals surface area (Å²) in [5.41, 5.74) is 0. The predicted octanol–water partition coefficient (Wildman–Crippen LogP) is 3.91. The average Bonchev–Trinajstić information content (AvgIpc) is 2.76. The SMILES string of the molecule is C[C@H](O)[C@@H](Oc1ccccc1)[C@@H](Oc1ccccc1)[C@@H](C=O)Oc1ccccc1. The number of para-hydroxylation sites is 3. The average molecular weight is 392 g/mol. The van der Waals surface area contributed by atoms with Crippen molar-refractivity contribution in [1.29, 1.82) is 0 Å². The summed E-state index contributed by atoms with van der Waals surface area (Å²) in [6, 6.07) is 27.2. The maximum absolute atomic E-state index is 12.0. The number of benzene rings is 3. The Labute approximate surface area is 170 Å². The first kappa shape index (κ1) is 20.4. The Kier molecular flexibility index (Phi) is 7.25. The molecule has 3 rings (SSSR count). The van der Waals surface area contributed by atoms with E-state index in [2.05, 4.69) is 0 Å². The molecule has 0 spiro atoms. The van der Waals surface area contributed by atoms with Gasteiger partial charge in [-0.25, -0.2) is 0 Å². The summed E-state index contributed by atoms with van der Waals surface area (Å²) in [5, 5.41) is 10.5. The van der Waals surface area contributed by atoms with Gasteiger partial charge >= 0.3 is 0 Å². The van der Waals surface area contributed by atoms with E-state index in [1.807, 2.05) is 54.6 Å². The zero-order valence-corrected chi connectivity index (χ0v) is 16.1. The molecule has 5 nitrogen and oxygen atoms in total. The quantitative estimate of drug-likeness (QED) is 0.530. The molecule has 0 aliphatic carbocycles. The monoisotopic (exact) mass is 392 g/mol. The molecule has 3 aromatic rings. The van der Waals surface area contributed by atoms with Gasteiger partial charge in [0.2, 0.25) is 0 Å². The second kappa shape index (κ2) is 10.3. The molecule has 29 heavy (non-hydrogen) atoms. The van der Waals surface area contributed by atoms with Crippen LogP contribution in [-0.4, -0.2) is 35.8 Å². The summed E-state index contributed by atoms with van der Waals surface area (Å²) >= 11 is 0. The van der Waals surface area contributed by atoms with Crippen molar-refractivity contribution in [3.8, 4) is 17.2 Å². The second-order valence-electron chi connectivity index (χ2n) is 6.56. The molecule has 150 valence electrons. The van der Waals surface area contributed by atoms with Crippen molar-refractivity contribution < 1.29 is 24.1 Å². The standard InChI is InChI=1S/C24H24O5/c1-18(26)23(28-20-13-7-3-8-14-20)24(29-21-15-9-4-10-16-21)22(17-25)27-19-11-5-2-6-12-19/h2-18,22-24,26H,1H3/t18-,22+,23+,24-/m0/s1. The molecule has 0 unspecified atom stereocenters. The largest absolute Gasteiger partial charge is 0.484 e. The first-order valence-corrected chi connectivity index (χ1v) is 9.46. The van der Waals surface area contributed by atoms with Crippen LogP contribution in [0.5, 0.6) is 17.2 Å². The van der Waals surface area contributed by atoms with Crippen LogP contribution in [0.15, 0.2) is 91.0 Å². The lowest BCUT2D eigenvalue weighted by Crippen LogP contribution is -2.53. The van der Waals surface area contributed by atoms with Gasteiger partial charge in [-0.1, -0.05) is 54.6 Å². The van der Waals surface area contributed by atoms with Crippen LogP contribution >= 0.6 is 0 Å². The van der Waals surface area contributed by atoms with Gasteiger partial charge in [-0.15, -0.1) is 0 Å². The highest BCUT2D eigenvalue weighted by atomic mass is 16.6. The predicted molar refractivity (Wildman–Crippen MR) is 110 cm³/mol. The van der Waals surface area contributed by atoms with Crippen molar-refractivity contribution in [1.82, 2.24) is 0 Å². The Morgan fingerprint density at radius 2 is 1.03 bits per heavy atom. The van der Waals surface area contributed by atoms with Crippen molar-refractivity contribution in [2.24, 2.45) is 0 Å². The molecule has 0 aliphatic rings. The molecular formula is C24H24O5. The highest BCUT2D eigenvalue weighted by Gasteiger charge is 2.38. The number of ether oxygens (including phenoxy) is 3. The van der Waals surface area contributed by atoms with E-state index in [0.717, 1.165) is 0 Å². The second-order valence-corrected chi connectivity index (χ2v) is 6.56. The van der Waals surface area contributed by atoms with Crippen LogP contribution in [-0.2, 0) is 4.79 Å². The van der Waals surface area contributed by atoms with Crippen LogP contribution in [0.25, 0.3) is 0 Å². The van der Waals surface area contributed by atoms with Crippen LogP contribution in [0.2, 0.25) is 0 Å². The van der Waals surface area contributed by atoms with Crippen molar-refractivity contribution in [3.05, 3.63) is 91.0 Å². The number of carbonyl (C=O) groups is 1. The molecule has 3 aromatic carbocycles. The van der Waals surface area contributed by atoms with E-state index in [-0.39, 0.29) is 0 Å². The Bertz CT molecular complexity index is 852. The molecule has 0 saturated heterocycles. The zero-order chi connectivity index (χ0) is 20.5. The zero-order valence-electron chi connectivity index (χ0n) is 16.1. The van der Waals surface area contributed by atoms with Crippen molar-refractivity contribution in [2.45, 2.75) is 31.3 Å². The van der Waals surface area contributed by atoms with Crippen molar-refractivity contribution in [3.63, 3.8) is 0 Å². The fraction of sp³-hybridized carbons (Fsp3) is 0.208. The van der Waals surface area contributed by atoms with Gasteiger partial charge in [0.05, 0.1) is 6.10 Å². The number of aldehydes is 1. The van der Waals surface area contributed by atoms with E-state index in [0.29, 0.717) is 23.5 Å². The van der Waals surface area contributed by atoms with Crippen LogP contribution in [0.3, 0.4) is 0 Å². The molecule has 1 N–H and O–H groups in total. The minimum absolute atomic E-state index is 0.523. The van der Waals surface area contributed by atoms with Crippen molar-refractivity contribution >= 4 is 6.29 Å². The lowest BCUT2D eigenvalue weighted by molar-refractivity contribution is -0.124. The summed E-state index contributed by atoms with van der Waals surface area (Å²) in [6.45, 7) is 1.60. The minimum atomic E-state index is -0.999. The topological polar surface area (TPSA) is 65.0 Å². The van der Waals surface area contributed by atoms with E-state index in [4.69, 9.17) is 14.2 Å². The molecule has 0 fully saturated rings. The summed E-state index contributed by atoms with van der Waals surface area (Å²) < 4.78 is 18.0. The highest BCUT2D eigenvalue weighted by molar-refractivity contribution is 5.58. The first-order valence-electron chi connectivity index (χ1n) is 9.46.